The molecule has 0 N–H and O–H groups in total. The van der Waals surface area contributed by atoms with Gasteiger partial charge in [0.1, 0.15) is 12.6 Å². The number of amides is 2. The second kappa shape index (κ2) is 10.7. The fourth-order valence-electron chi connectivity index (χ4n) is 4.81. The first kappa shape index (κ1) is 27.3. The molecule has 0 saturated carbocycles. The summed E-state index contributed by atoms with van der Waals surface area (Å²) in [5, 5.41) is 14.5. The Balaban J connectivity index is 1.53. The highest BCUT2D eigenvalue weighted by Crippen LogP contribution is 2.42. The van der Waals surface area contributed by atoms with Gasteiger partial charge in [0.25, 0.3) is 11.5 Å². The fraction of sp³-hybridized carbons (Fsp3) is 0.233. The first-order valence-electron chi connectivity index (χ1n) is 13.0. The number of halogens is 1. The molecule has 41 heavy (non-hydrogen) atoms. The molecule has 1 atom stereocenters. The van der Waals surface area contributed by atoms with E-state index in [1.54, 1.807) is 68.4 Å². The maximum absolute atomic E-state index is 14.2. The normalized spacial score (nSPS) is 15.4. The highest BCUT2D eigenvalue weighted by molar-refractivity contribution is 6.12. The molecule has 2 heterocycles. The van der Waals surface area contributed by atoms with Crippen molar-refractivity contribution >= 4 is 34.0 Å². The zero-order chi connectivity index (χ0) is 29.3. The molecule has 0 saturated heterocycles. The van der Waals surface area contributed by atoms with Crippen LogP contribution < -0.4 is 24.8 Å². The van der Waals surface area contributed by atoms with Crippen LogP contribution in [0.25, 0.3) is 10.8 Å². The average Bonchev–Trinajstić information content (AvgIpc) is 3.28. The average molecular weight is 556 g/mol. The maximum atomic E-state index is 14.2. The molecule has 208 valence electrons. The van der Waals surface area contributed by atoms with E-state index in [0.29, 0.717) is 22.3 Å². The van der Waals surface area contributed by atoms with Gasteiger partial charge in [-0.3, -0.25) is 14.4 Å². The molecule has 5 rings (SSSR count). The van der Waals surface area contributed by atoms with E-state index in [-0.39, 0.29) is 35.7 Å². The quantitative estimate of drug-likeness (QED) is 0.332. The lowest BCUT2D eigenvalue weighted by atomic mass is 10.1. The number of aromatic nitrogens is 2. The lowest BCUT2D eigenvalue weighted by Crippen LogP contribution is -2.39. The van der Waals surface area contributed by atoms with Gasteiger partial charge in [-0.15, -0.1) is 0 Å². The van der Waals surface area contributed by atoms with Gasteiger partial charge in [-0.05, 0) is 44.2 Å². The van der Waals surface area contributed by atoms with Gasteiger partial charge in [-0.2, -0.15) is 14.8 Å². The van der Waals surface area contributed by atoms with Crippen LogP contribution in [0.5, 0.6) is 11.5 Å². The minimum Gasteiger partial charge on any atom is -0.423 e. The topological polar surface area (TPSA) is 118 Å². The van der Waals surface area contributed by atoms with Crippen LogP contribution in [0.3, 0.4) is 0 Å². The monoisotopic (exact) mass is 555 g/mol. The van der Waals surface area contributed by atoms with E-state index in [1.807, 2.05) is 0 Å². The molecule has 1 unspecified atom stereocenters. The Morgan fingerprint density at radius 3 is 2.34 bits per heavy atom. The zero-order valence-corrected chi connectivity index (χ0v) is 22.6. The van der Waals surface area contributed by atoms with Gasteiger partial charge in [0, 0.05) is 37.2 Å². The molecule has 0 spiro atoms. The van der Waals surface area contributed by atoms with E-state index in [1.165, 1.54) is 21.9 Å². The van der Waals surface area contributed by atoms with Crippen LogP contribution in [0.1, 0.15) is 36.8 Å². The lowest BCUT2D eigenvalue weighted by Gasteiger charge is -2.23. The van der Waals surface area contributed by atoms with Crippen molar-refractivity contribution in [3.05, 3.63) is 88.3 Å². The van der Waals surface area contributed by atoms with Crippen molar-refractivity contribution in [2.24, 2.45) is 0 Å². The number of hydrogen-bond donors (Lipinski definition) is 0. The number of ether oxygens (including phenoxy) is 2. The molecular weight excluding hydrogens is 529 g/mol. The predicted molar refractivity (Wildman–Crippen MR) is 150 cm³/mol. The molecule has 1 aliphatic heterocycles. The SMILES string of the molecule is CCN(C(=O)Cn1nc(C(=O)N(CC)c2ccccc2C#N)c2ccccc2c1=O)c1ccc2c(c1)OC(C)(F)O2. The third-order valence-corrected chi connectivity index (χ3v) is 6.67. The third kappa shape index (κ3) is 5.07. The van der Waals surface area contributed by atoms with Crippen molar-refractivity contribution < 1.29 is 23.5 Å². The van der Waals surface area contributed by atoms with Gasteiger partial charge >= 0.3 is 6.04 Å². The van der Waals surface area contributed by atoms with Crippen LogP contribution in [0.15, 0.2) is 71.5 Å². The van der Waals surface area contributed by atoms with E-state index in [4.69, 9.17) is 9.47 Å². The Morgan fingerprint density at radius 1 is 0.976 bits per heavy atom. The first-order chi connectivity index (χ1) is 19.7. The van der Waals surface area contributed by atoms with Crippen LogP contribution in [0.4, 0.5) is 15.8 Å². The van der Waals surface area contributed by atoms with Gasteiger partial charge in [0.15, 0.2) is 17.2 Å². The van der Waals surface area contributed by atoms with Crippen LogP contribution in [0, 0.1) is 11.3 Å². The van der Waals surface area contributed by atoms with Crippen molar-refractivity contribution in [3.8, 4) is 17.6 Å². The number of alkyl halides is 1. The molecule has 3 aromatic carbocycles. The first-order valence-corrected chi connectivity index (χ1v) is 13.0. The Morgan fingerprint density at radius 2 is 1.63 bits per heavy atom. The Kier molecular flexibility index (Phi) is 7.15. The highest BCUT2D eigenvalue weighted by atomic mass is 19.2. The number of carbonyl (C=O) groups is 2. The maximum Gasteiger partial charge on any atom is 0.404 e. The largest absolute Gasteiger partial charge is 0.423 e. The number of nitriles is 1. The van der Waals surface area contributed by atoms with Gasteiger partial charge in [-0.1, -0.05) is 30.3 Å². The minimum absolute atomic E-state index is 0.0315. The number of para-hydroxylation sites is 1. The van der Waals surface area contributed by atoms with Gasteiger partial charge < -0.3 is 19.3 Å². The Hall–Kier alpha value is -5.24. The molecule has 4 aromatic rings. The molecule has 11 heteroatoms. The van der Waals surface area contributed by atoms with E-state index in [2.05, 4.69) is 11.2 Å². The summed E-state index contributed by atoms with van der Waals surface area (Å²) >= 11 is 0. The summed E-state index contributed by atoms with van der Waals surface area (Å²) in [5.74, 6) is -0.661. The number of anilines is 2. The van der Waals surface area contributed by atoms with Crippen molar-refractivity contribution in [3.63, 3.8) is 0 Å². The van der Waals surface area contributed by atoms with Crippen LogP contribution in [-0.4, -0.2) is 40.7 Å². The smallest absolute Gasteiger partial charge is 0.404 e. The summed E-state index contributed by atoms with van der Waals surface area (Å²) in [6, 6.07) is 17.6. The van der Waals surface area contributed by atoms with Gasteiger partial charge in [-0.25, -0.2) is 4.68 Å². The van der Waals surface area contributed by atoms with E-state index < -0.39 is 30.0 Å². The van der Waals surface area contributed by atoms with Crippen molar-refractivity contribution in [2.75, 3.05) is 22.9 Å². The number of carbonyl (C=O) groups excluding carboxylic acids is 2. The standard InChI is InChI=1S/C30H26FN5O5/c1-4-34(20-14-15-24-25(16-20)41-30(3,31)40-24)26(37)18-36-28(38)22-12-8-7-11-21(22)27(33-36)29(39)35(5-2)23-13-9-6-10-19(23)17-32/h6-16H,4-5,18H2,1-3H3. The summed E-state index contributed by atoms with van der Waals surface area (Å²) in [4.78, 5) is 43.6. The second-order valence-corrected chi connectivity index (χ2v) is 9.34. The van der Waals surface area contributed by atoms with Crippen molar-refractivity contribution in [2.45, 2.75) is 33.4 Å². The number of likely N-dealkylation sites (N-methyl/N-ethyl adjacent to an activating group) is 1. The van der Waals surface area contributed by atoms with Gasteiger partial charge in [0.05, 0.1) is 16.6 Å². The zero-order valence-electron chi connectivity index (χ0n) is 22.6. The summed E-state index contributed by atoms with van der Waals surface area (Å²) < 4.78 is 25.4. The number of fused-ring (bicyclic) bond motifs is 2. The summed E-state index contributed by atoms with van der Waals surface area (Å²) in [6.07, 6.45) is 0. The summed E-state index contributed by atoms with van der Waals surface area (Å²) in [5.41, 5.74) is 0.558. The van der Waals surface area contributed by atoms with Crippen molar-refractivity contribution in [1.82, 2.24) is 9.78 Å². The Labute approximate surface area is 234 Å². The molecule has 10 nitrogen and oxygen atoms in total. The van der Waals surface area contributed by atoms with Crippen LogP contribution >= 0.6 is 0 Å². The van der Waals surface area contributed by atoms with Crippen molar-refractivity contribution in [1.29, 1.82) is 5.26 Å². The third-order valence-electron chi connectivity index (χ3n) is 6.67. The van der Waals surface area contributed by atoms with Crippen LogP contribution in [-0.2, 0) is 11.3 Å². The number of rotatable bonds is 7. The van der Waals surface area contributed by atoms with Crippen LogP contribution in [0.2, 0.25) is 0 Å². The lowest BCUT2D eigenvalue weighted by molar-refractivity contribution is -0.173. The molecule has 0 fully saturated rings. The second-order valence-electron chi connectivity index (χ2n) is 9.34. The fourth-order valence-corrected chi connectivity index (χ4v) is 4.81. The highest BCUT2D eigenvalue weighted by Gasteiger charge is 2.37. The number of nitrogens with zero attached hydrogens (tertiary/aromatic N) is 5. The minimum atomic E-state index is -2.31. The van der Waals surface area contributed by atoms with E-state index in [0.717, 1.165) is 11.6 Å². The van der Waals surface area contributed by atoms with E-state index in [9.17, 15) is 24.0 Å². The molecule has 2 amide bonds. The van der Waals surface area contributed by atoms with Gasteiger partial charge in [0.2, 0.25) is 5.91 Å². The van der Waals surface area contributed by atoms with E-state index >= 15 is 0 Å². The number of hydrogen-bond acceptors (Lipinski definition) is 7. The molecule has 1 aliphatic rings. The molecule has 0 bridgehead atoms. The molecule has 1 aromatic heterocycles. The molecule has 0 radical (unpaired) electrons. The summed E-state index contributed by atoms with van der Waals surface area (Å²) in [6.45, 7) is 4.65. The molecular formula is C30H26FN5O5. The molecule has 0 aliphatic carbocycles. The summed E-state index contributed by atoms with van der Waals surface area (Å²) in [7, 11) is 0. The Bertz CT molecular complexity index is 1780. The number of benzene rings is 3. The predicted octanol–water partition coefficient (Wildman–Crippen LogP) is 4.40.